The molecule has 0 bridgehead atoms. The Morgan fingerprint density at radius 2 is 2.22 bits per heavy atom. The number of hydrogen-bond acceptors (Lipinski definition) is 5. The van der Waals surface area contributed by atoms with Gasteiger partial charge in [-0.3, -0.25) is 5.10 Å². The highest BCUT2D eigenvalue weighted by molar-refractivity contribution is 5.77. The summed E-state index contributed by atoms with van der Waals surface area (Å²) in [6.07, 6.45) is 1.59. The summed E-state index contributed by atoms with van der Waals surface area (Å²) in [5.74, 6) is 1.21. The summed E-state index contributed by atoms with van der Waals surface area (Å²) in [5, 5.41) is 16.4. The number of nitrogens with one attached hydrogen (secondary N) is 1. The van der Waals surface area contributed by atoms with Crippen LogP contribution in [0.2, 0.25) is 0 Å². The van der Waals surface area contributed by atoms with E-state index in [2.05, 4.69) is 10.2 Å². The van der Waals surface area contributed by atoms with Crippen LogP contribution < -0.4 is 15.2 Å². The molecular weight excluding hydrogens is 234 g/mol. The van der Waals surface area contributed by atoms with Gasteiger partial charge in [-0.1, -0.05) is 0 Å². The molecule has 6 nitrogen and oxygen atoms in total. The zero-order valence-corrected chi connectivity index (χ0v) is 10.2. The standard InChI is InChI=1S/C12H15N3O3/c1-3-18-10-5-7(4-9(16)11(10)17-2)8-6-14-15-12(8)13/h4-6,16H,3H2,1-2H3,(H3,13,14,15). The van der Waals surface area contributed by atoms with E-state index in [-0.39, 0.29) is 5.75 Å². The third kappa shape index (κ3) is 2.04. The van der Waals surface area contributed by atoms with E-state index in [0.717, 1.165) is 0 Å². The van der Waals surface area contributed by atoms with E-state index < -0.39 is 0 Å². The van der Waals surface area contributed by atoms with Gasteiger partial charge in [0.15, 0.2) is 11.5 Å². The van der Waals surface area contributed by atoms with Crippen LogP contribution in [0, 0.1) is 0 Å². The molecule has 0 amide bonds. The Morgan fingerprint density at radius 1 is 1.44 bits per heavy atom. The summed E-state index contributed by atoms with van der Waals surface area (Å²) >= 11 is 0. The van der Waals surface area contributed by atoms with Crippen LogP contribution in [-0.2, 0) is 0 Å². The van der Waals surface area contributed by atoms with E-state index in [0.29, 0.717) is 35.1 Å². The maximum absolute atomic E-state index is 9.91. The van der Waals surface area contributed by atoms with E-state index in [4.69, 9.17) is 15.2 Å². The number of nitrogen functional groups attached to an aromatic ring is 1. The van der Waals surface area contributed by atoms with Crippen molar-refractivity contribution in [3.8, 4) is 28.4 Å². The highest BCUT2D eigenvalue weighted by Crippen LogP contribution is 2.41. The number of methoxy groups -OCH3 is 1. The number of aromatic hydroxyl groups is 1. The van der Waals surface area contributed by atoms with Gasteiger partial charge in [0.1, 0.15) is 5.82 Å². The van der Waals surface area contributed by atoms with Crippen molar-refractivity contribution in [3.05, 3.63) is 18.3 Å². The number of phenolic OH excluding ortho intramolecular Hbond substituents is 1. The Bertz CT molecular complexity index is 551. The van der Waals surface area contributed by atoms with Crippen LogP contribution in [0.4, 0.5) is 5.82 Å². The number of rotatable bonds is 4. The molecule has 0 atom stereocenters. The highest BCUT2D eigenvalue weighted by Gasteiger charge is 2.15. The van der Waals surface area contributed by atoms with Crippen LogP contribution in [-0.4, -0.2) is 29.0 Å². The molecule has 0 saturated carbocycles. The van der Waals surface area contributed by atoms with E-state index in [1.165, 1.54) is 7.11 Å². The fourth-order valence-electron chi connectivity index (χ4n) is 1.74. The van der Waals surface area contributed by atoms with Gasteiger partial charge in [-0.05, 0) is 24.6 Å². The van der Waals surface area contributed by atoms with Crippen LogP contribution in [0.5, 0.6) is 17.2 Å². The molecule has 0 aliphatic rings. The Labute approximate surface area is 104 Å². The second-order valence-corrected chi connectivity index (χ2v) is 3.66. The molecule has 4 N–H and O–H groups in total. The molecule has 18 heavy (non-hydrogen) atoms. The smallest absolute Gasteiger partial charge is 0.203 e. The third-order valence-corrected chi connectivity index (χ3v) is 2.52. The van der Waals surface area contributed by atoms with Gasteiger partial charge < -0.3 is 20.3 Å². The van der Waals surface area contributed by atoms with Gasteiger partial charge in [0.25, 0.3) is 0 Å². The number of hydrogen-bond donors (Lipinski definition) is 3. The largest absolute Gasteiger partial charge is 0.504 e. The second kappa shape index (κ2) is 4.87. The van der Waals surface area contributed by atoms with Gasteiger partial charge in [-0.15, -0.1) is 0 Å². The van der Waals surface area contributed by atoms with Crippen molar-refractivity contribution >= 4 is 5.82 Å². The molecule has 2 rings (SSSR count). The van der Waals surface area contributed by atoms with Gasteiger partial charge in [-0.25, -0.2) is 0 Å². The molecule has 1 heterocycles. The molecule has 0 unspecified atom stereocenters. The highest BCUT2D eigenvalue weighted by atomic mass is 16.5. The van der Waals surface area contributed by atoms with Crippen molar-refractivity contribution in [2.75, 3.05) is 19.5 Å². The summed E-state index contributed by atoms with van der Waals surface area (Å²) in [6.45, 7) is 2.33. The lowest BCUT2D eigenvalue weighted by Gasteiger charge is -2.12. The summed E-state index contributed by atoms with van der Waals surface area (Å²) in [4.78, 5) is 0. The Balaban J connectivity index is 2.54. The predicted octanol–water partition coefficient (Wildman–Crippen LogP) is 1.77. The molecule has 0 radical (unpaired) electrons. The van der Waals surface area contributed by atoms with E-state index in [9.17, 15) is 5.11 Å². The SMILES string of the molecule is CCOc1cc(-c2cn[nH]c2N)cc(O)c1OC. The van der Waals surface area contributed by atoms with Crippen LogP contribution >= 0.6 is 0 Å². The van der Waals surface area contributed by atoms with Crippen LogP contribution in [0.15, 0.2) is 18.3 Å². The monoisotopic (exact) mass is 249 g/mol. The summed E-state index contributed by atoms with van der Waals surface area (Å²) in [5.41, 5.74) is 7.16. The van der Waals surface area contributed by atoms with Crippen molar-refractivity contribution in [2.24, 2.45) is 0 Å². The fourth-order valence-corrected chi connectivity index (χ4v) is 1.74. The predicted molar refractivity (Wildman–Crippen MR) is 67.8 cm³/mol. The van der Waals surface area contributed by atoms with Crippen molar-refractivity contribution < 1.29 is 14.6 Å². The van der Waals surface area contributed by atoms with E-state index in [1.54, 1.807) is 18.3 Å². The van der Waals surface area contributed by atoms with Crippen molar-refractivity contribution in [1.82, 2.24) is 10.2 Å². The molecule has 1 aromatic heterocycles. The summed E-state index contributed by atoms with van der Waals surface area (Å²) < 4.78 is 10.5. The van der Waals surface area contributed by atoms with Crippen molar-refractivity contribution in [2.45, 2.75) is 6.92 Å². The minimum atomic E-state index is -0.000880. The number of anilines is 1. The number of ether oxygens (including phenoxy) is 2. The quantitative estimate of drug-likeness (QED) is 0.767. The lowest BCUT2D eigenvalue weighted by Crippen LogP contribution is -1.96. The maximum atomic E-state index is 9.91. The maximum Gasteiger partial charge on any atom is 0.203 e. The van der Waals surface area contributed by atoms with Gasteiger partial charge in [0.2, 0.25) is 5.75 Å². The number of aromatic nitrogens is 2. The lowest BCUT2D eigenvalue weighted by atomic mass is 10.1. The minimum Gasteiger partial charge on any atom is -0.504 e. The van der Waals surface area contributed by atoms with E-state index >= 15 is 0 Å². The molecule has 0 spiro atoms. The molecule has 1 aromatic carbocycles. The van der Waals surface area contributed by atoms with Crippen LogP contribution in [0.3, 0.4) is 0 Å². The first-order chi connectivity index (χ1) is 8.67. The Kier molecular flexibility index (Phi) is 3.27. The molecule has 0 saturated heterocycles. The van der Waals surface area contributed by atoms with Gasteiger partial charge in [0.05, 0.1) is 19.9 Å². The summed E-state index contributed by atoms with van der Waals surface area (Å²) in [7, 11) is 1.48. The first-order valence-electron chi connectivity index (χ1n) is 5.50. The first kappa shape index (κ1) is 12.1. The molecular formula is C12H15N3O3. The topological polar surface area (TPSA) is 93.4 Å². The number of aromatic amines is 1. The molecule has 0 aliphatic heterocycles. The van der Waals surface area contributed by atoms with Crippen LogP contribution in [0.25, 0.3) is 11.1 Å². The number of phenols is 1. The number of nitrogens with two attached hydrogens (primary N) is 1. The second-order valence-electron chi connectivity index (χ2n) is 3.66. The molecule has 96 valence electrons. The zero-order chi connectivity index (χ0) is 13.1. The summed E-state index contributed by atoms with van der Waals surface area (Å²) in [6, 6.07) is 3.31. The van der Waals surface area contributed by atoms with Gasteiger partial charge in [-0.2, -0.15) is 5.10 Å². The normalized spacial score (nSPS) is 10.3. The minimum absolute atomic E-state index is 0.000880. The third-order valence-electron chi connectivity index (χ3n) is 2.52. The lowest BCUT2D eigenvalue weighted by molar-refractivity contribution is 0.300. The fraction of sp³-hybridized carbons (Fsp3) is 0.250. The number of nitrogens with zero attached hydrogens (tertiary/aromatic N) is 1. The van der Waals surface area contributed by atoms with Crippen LogP contribution in [0.1, 0.15) is 6.92 Å². The van der Waals surface area contributed by atoms with E-state index in [1.807, 2.05) is 6.92 Å². The number of H-pyrrole nitrogens is 1. The van der Waals surface area contributed by atoms with Gasteiger partial charge >= 0.3 is 0 Å². The Hall–Kier alpha value is -2.37. The first-order valence-corrected chi connectivity index (χ1v) is 5.50. The molecule has 2 aromatic rings. The van der Waals surface area contributed by atoms with Crippen molar-refractivity contribution in [1.29, 1.82) is 0 Å². The molecule has 0 fully saturated rings. The van der Waals surface area contributed by atoms with Crippen molar-refractivity contribution in [3.63, 3.8) is 0 Å². The average Bonchev–Trinajstić information content (AvgIpc) is 2.75. The molecule has 0 aliphatic carbocycles. The van der Waals surface area contributed by atoms with Gasteiger partial charge in [0, 0.05) is 5.56 Å². The Morgan fingerprint density at radius 3 is 2.78 bits per heavy atom. The number of benzene rings is 1. The zero-order valence-electron chi connectivity index (χ0n) is 10.2. The molecule has 6 heteroatoms. The average molecular weight is 249 g/mol.